The van der Waals surface area contributed by atoms with E-state index < -0.39 is 0 Å². The Hall–Kier alpha value is -0.0800. The molecule has 1 heterocycles. The van der Waals surface area contributed by atoms with Crippen molar-refractivity contribution in [3.05, 3.63) is 0 Å². The summed E-state index contributed by atoms with van der Waals surface area (Å²) in [5.74, 6) is 0.986. The average molecular weight is 196 g/mol. The summed E-state index contributed by atoms with van der Waals surface area (Å²) in [7, 11) is 0. The molecule has 14 heavy (non-hydrogen) atoms. The quantitative estimate of drug-likeness (QED) is 0.741. The summed E-state index contributed by atoms with van der Waals surface area (Å²) in [6.45, 7) is 8.36. The van der Waals surface area contributed by atoms with Crippen molar-refractivity contribution in [1.82, 2.24) is 10.2 Å². The third-order valence-corrected chi connectivity index (χ3v) is 3.81. The van der Waals surface area contributed by atoms with E-state index in [1.807, 2.05) is 0 Å². The van der Waals surface area contributed by atoms with Crippen molar-refractivity contribution in [3.8, 4) is 0 Å². The van der Waals surface area contributed by atoms with Gasteiger partial charge in [0, 0.05) is 18.6 Å². The Morgan fingerprint density at radius 1 is 1.36 bits per heavy atom. The van der Waals surface area contributed by atoms with Gasteiger partial charge in [0.25, 0.3) is 0 Å². The highest BCUT2D eigenvalue weighted by molar-refractivity contribution is 4.89. The molecule has 0 radical (unpaired) electrons. The number of hydrogen-bond acceptors (Lipinski definition) is 2. The van der Waals surface area contributed by atoms with E-state index in [2.05, 4.69) is 24.1 Å². The second-order valence-electron chi connectivity index (χ2n) is 5.12. The van der Waals surface area contributed by atoms with Crippen molar-refractivity contribution < 1.29 is 0 Å². The van der Waals surface area contributed by atoms with Gasteiger partial charge in [-0.25, -0.2) is 0 Å². The van der Waals surface area contributed by atoms with Crippen LogP contribution in [0.1, 0.15) is 39.5 Å². The van der Waals surface area contributed by atoms with Crippen LogP contribution < -0.4 is 5.32 Å². The van der Waals surface area contributed by atoms with Crippen LogP contribution in [-0.4, -0.2) is 36.6 Å². The van der Waals surface area contributed by atoms with Crippen LogP contribution in [0.5, 0.6) is 0 Å². The van der Waals surface area contributed by atoms with E-state index in [4.69, 9.17) is 0 Å². The van der Waals surface area contributed by atoms with Crippen molar-refractivity contribution in [2.75, 3.05) is 19.6 Å². The molecule has 1 atom stereocenters. The Balaban J connectivity index is 1.76. The number of nitrogens with zero attached hydrogens (tertiary/aromatic N) is 1. The molecule has 1 N–H and O–H groups in total. The molecule has 0 amide bonds. The number of likely N-dealkylation sites (tertiary alicyclic amines) is 1. The smallest absolute Gasteiger partial charge is 0.0195 e. The summed E-state index contributed by atoms with van der Waals surface area (Å²) < 4.78 is 0. The normalized spacial score (nSPS) is 39.4. The maximum absolute atomic E-state index is 3.59. The first-order valence-electron chi connectivity index (χ1n) is 6.27. The van der Waals surface area contributed by atoms with Gasteiger partial charge in [0.2, 0.25) is 0 Å². The molecule has 1 unspecified atom stereocenters. The van der Waals surface area contributed by atoms with Crippen molar-refractivity contribution >= 4 is 0 Å². The van der Waals surface area contributed by atoms with Gasteiger partial charge in [-0.1, -0.05) is 13.8 Å². The molecule has 0 spiro atoms. The van der Waals surface area contributed by atoms with Crippen LogP contribution in [0.15, 0.2) is 0 Å². The van der Waals surface area contributed by atoms with Gasteiger partial charge < -0.3 is 5.32 Å². The number of piperidine rings is 1. The van der Waals surface area contributed by atoms with Gasteiger partial charge in [-0.15, -0.1) is 0 Å². The Morgan fingerprint density at radius 3 is 2.79 bits per heavy atom. The van der Waals surface area contributed by atoms with Crippen LogP contribution in [0.2, 0.25) is 0 Å². The molecular weight excluding hydrogens is 172 g/mol. The van der Waals surface area contributed by atoms with Crippen LogP contribution in [0, 0.1) is 5.92 Å². The molecule has 0 aromatic heterocycles. The summed E-state index contributed by atoms with van der Waals surface area (Å²) in [5, 5.41) is 3.59. The summed E-state index contributed by atoms with van der Waals surface area (Å²) in [6.07, 6.45) is 5.66. The fourth-order valence-electron chi connectivity index (χ4n) is 2.95. The van der Waals surface area contributed by atoms with Crippen LogP contribution in [-0.2, 0) is 0 Å². The van der Waals surface area contributed by atoms with E-state index in [0.717, 1.165) is 24.5 Å². The van der Waals surface area contributed by atoms with Crippen molar-refractivity contribution in [1.29, 1.82) is 0 Å². The third kappa shape index (κ3) is 2.29. The molecule has 2 nitrogen and oxygen atoms in total. The fourth-order valence-corrected chi connectivity index (χ4v) is 2.95. The highest BCUT2D eigenvalue weighted by Gasteiger charge is 2.33. The number of rotatable bonds is 3. The lowest BCUT2D eigenvalue weighted by atomic mass is 9.80. The largest absolute Gasteiger partial charge is 0.313 e. The van der Waals surface area contributed by atoms with E-state index in [1.165, 1.54) is 38.8 Å². The molecular formula is C12H24N2. The molecule has 1 aliphatic carbocycles. The van der Waals surface area contributed by atoms with Crippen molar-refractivity contribution in [3.63, 3.8) is 0 Å². The Labute approximate surface area is 88.1 Å². The van der Waals surface area contributed by atoms with E-state index in [0.29, 0.717) is 0 Å². The molecule has 0 bridgehead atoms. The topological polar surface area (TPSA) is 15.3 Å². The van der Waals surface area contributed by atoms with E-state index in [9.17, 15) is 0 Å². The van der Waals surface area contributed by atoms with Gasteiger partial charge in [0.05, 0.1) is 0 Å². The minimum atomic E-state index is 0.768. The zero-order valence-electron chi connectivity index (χ0n) is 9.63. The molecule has 82 valence electrons. The molecule has 2 heteroatoms. The van der Waals surface area contributed by atoms with Crippen LogP contribution in [0.25, 0.3) is 0 Å². The Morgan fingerprint density at radius 2 is 2.14 bits per heavy atom. The maximum atomic E-state index is 3.59. The average Bonchev–Trinajstić information content (AvgIpc) is 2.14. The lowest BCUT2D eigenvalue weighted by Gasteiger charge is -2.45. The van der Waals surface area contributed by atoms with Crippen molar-refractivity contribution in [2.24, 2.45) is 5.92 Å². The monoisotopic (exact) mass is 196 g/mol. The highest BCUT2D eigenvalue weighted by atomic mass is 15.2. The van der Waals surface area contributed by atoms with Gasteiger partial charge in [0.1, 0.15) is 0 Å². The van der Waals surface area contributed by atoms with Gasteiger partial charge in [0.15, 0.2) is 0 Å². The number of likely N-dealkylation sites (N-methyl/N-ethyl adjacent to an activating group) is 1. The molecule has 2 rings (SSSR count). The van der Waals surface area contributed by atoms with E-state index >= 15 is 0 Å². The lowest BCUT2D eigenvalue weighted by Crippen LogP contribution is -2.53. The molecule has 2 fully saturated rings. The second-order valence-corrected chi connectivity index (χ2v) is 5.12. The van der Waals surface area contributed by atoms with Gasteiger partial charge in [-0.2, -0.15) is 0 Å². The van der Waals surface area contributed by atoms with Crippen LogP contribution in [0.3, 0.4) is 0 Å². The summed E-state index contributed by atoms with van der Waals surface area (Å²) in [6, 6.07) is 1.69. The fraction of sp³-hybridized carbons (Fsp3) is 1.00. The summed E-state index contributed by atoms with van der Waals surface area (Å²) in [5.41, 5.74) is 0. The molecule has 0 aromatic carbocycles. The Bertz CT molecular complexity index is 171. The summed E-state index contributed by atoms with van der Waals surface area (Å²) in [4.78, 5) is 2.72. The predicted molar refractivity (Wildman–Crippen MR) is 60.5 cm³/mol. The third-order valence-electron chi connectivity index (χ3n) is 3.81. The zero-order valence-corrected chi connectivity index (χ0v) is 9.63. The van der Waals surface area contributed by atoms with Crippen LogP contribution >= 0.6 is 0 Å². The first-order valence-corrected chi connectivity index (χ1v) is 6.27. The molecule has 1 aliphatic heterocycles. The Kier molecular flexibility index (Phi) is 3.45. The minimum absolute atomic E-state index is 0.768. The van der Waals surface area contributed by atoms with Gasteiger partial charge >= 0.3 is 0 Å². The van der Waals surface area contributed by atoms with Gasteiger partial charge in [-0.05, 0) is 44.7 Å². The lowest BCUT2D eigenvalue weighted by molar-refractivity contribution is 0.0569. The maximum Gasteiger partial charge on any atom is 0.0195 e. The SMILES string of the molecule is CCNC1CCCN(C2CC(C)C2)C1. The van der Waals surface area contributed by atoms with Crippen molar-refractivity contribution in [2.45, 2.75) is 51.6 Å². The zero-order chi connectivity index (χ0) is 9.97. The predicted octanol–water partition coefficient (Wildman–Crippen LogP) is 1.86. The second kappa shape index (κ2) is 4.63. The summed E-state index contributed by atoms with van der Waals surface area (Å²) >= 11 is 0. The first-order chi connectivity index (χ1) is 6.79. The number of hydrogen-bond donors (Lipinski definition) is 1. The number of nitrogens with one attached hydrogen (secondary N) is 1. The van der Waals surface area contributed by atoms with Gasteiger partial charge in [-0.3, -0.25) is 4.90 Å². The molecule has 2 aliphatic rings. The standard InChI is InChI=1S/C12H24N2/c1-3-13-11-5-4-6-14(9-11)12-7-10(2)8-12/h10-13H,3-9H2,1-2H3. The van der Waals surface area contributed by atoms with E-state index in [1.54, 1.807) is 0 Å². The highest BCUT2D eigenvalue weighted by Crippen LogP contribution is 2.32. The first kappa shape index (κ1) is 10.4. The molecule has 1 saturated heterocycles. The van der Waals surface area contributed by atoms with Crippen LogP contribution in [0.4, 0.5) is 0 Å². The minimum Gasteiger partial charge on any atom is -0.313 e. The molecule has 1 saturated carbocycles. The molecule has 0 aromatic rings. The van der Waals surface area contributed by atoms with E-state index in [-0.39, 0.29) is 0 Å².